The van der Waals surface area contributed by atoms with Crippen LogP contribution >= 0.6 is 0 Å². The van der Waals surface area contributed by atoms with Gasteiger partial charge in [-0.15, -0.1) is 0 Å². The van der Waals surface area contributed by atoms with E-state index in [1.165, 1.54) is 16.7 Å². The highest BCUT2D eigenvalue weighted by Crippen LogP contribution is 2.25. The molecule has 0 aliphatic carbocycles. The van der Waals surface area contributed by atoms with E-state index in [-0.39, 0.29) is 5.91 Å². The average Bonchev–Trinajstić information content (AvgIpc) is 2.59. The van der Waals surface area contributed by atoms with Crippen molar-refractivity contribution in [2.45, 2.75) is 27.7 Å². The van der Waals surface area contributed by atoms with E-state index in [9.17, 15) is 4.79 Å². The minimum absolute atomic E-state index is 0.138. The molecule has 0 saturated carbocycles. The minimum atomic E-state index is -0.138. The van der Waals surface area contributed by atoms with Gasteiger partial charge in [0.25, 0.3) is 5.91 Å². The first-order valence-electron chi connectivity index (χ1n) is 8.61. The van der Waals surface area contributed by atoms with Crippen molar-refractivity contribution in [2.75, 3.05) is 10.6 Å². The quantitative estimate of drug-likeness (QED) is 0.673. The number of aromatic nitrogens is 1. The highest BCUT2D eigenvalue weighted by Gasteiger charge is 2.08. The molecule has 1 heterocycles. The maximum absolute atomic E-state index is 12.3. The van der Waals surface area contributed by atoms with Crippen molar-refractivity contribution in [1.29, 1.82) is 0 Å². The Morgan fingerprint density at radius 3 is 2.23 bits per heavy atom. The summed E-state index contributed by atoms with van der Waals surface area (Å²) in [5.41, 5.74) is 7.03. The zero-order valence-corrected chi connectivity index (χ0v) is 15.6. The van der Waals surface area contributed by atoms with Gasteiger partial charge in [0.2, 0.25) is 0 Å². The number of amides is 1. The third-order valence-electron chi connectivity index (χ3n) is 4.23. The van der Waals surface area contributed by atoms with Crippen molar-refractivity contribution in [1.82, 2.24) is 4.98 Å². The van der Waals surface area contributed by atoms with E-state index in [0.717, 1.165) is 17.1 Å². The Hall–Kier alpha value is -3.14. The van der Waals surface area contributed by atoms with E-state index in [1.54, 1.807) is 12.3 Å². The molecule has 1 aromatic heterocycles. The van der Waals surface area contributed by atoms with Gasteiger partial charge in [0, 0.05) is 11.3 Å². The summed E-state index contributed by atoms with van der Waals surface area (Å²) in [7, 11) is 0. The third kappa shape index (κ3) is 4.09. The summed E-state index contributed by atoms with van der Waals surface area (Å²) < 4.78 is 0. The average molecular weight is 345 g/mol. The lowest BCUT2D eigenvalue weighted by atomic mass is 10.1. The lowest BCUT2D eigenvalue weighted by Crippen LogP contribution is -2.12. The molecule has 0 unspecified atom stereocenters. The Kier molecular flexibility index (Phi) is 5.03. The Morgan fingerprint density at radius 1 is 0.885 bits per heavy atom. The fraction of sp³-hybridized carbons (Fsp3) is 0.182. The van der Waals surface area contributed by atoms with Crippen LogP contribution in [-0.4, -0.2) is 10.9 Å². The summed E-state index contributed by atoms with van der Waals surface area (Å²) in [4.78, 5) is 16.7. The minimum Gasteiger partial charge on any atom is -0.340 e. The molecule has 2 N–H and O–H groups in total. The monoisotopic (exact) mass is 345 g/mol. The van der Waals surface area contributed by atoms with Crippen LogP contribution in [-0.2, 0) is 0 Å². The molecule has 26 heavy (non-hydrogen) atoms. The van der Waals surface area contributed by atoms with Crippen molar-refractivity contribution in [3.8, 4) is 0 Å². The second-order valence-corrected chi connectivity index (χ2v) is 6.65. The topological polar surface area (TPSA) is 54.0 Å². The largest absolute Gasteiger partial charge is 0.340 e. The lowest BCUT2D eigenvalue weighted by molar-refractivity contribution is 0.102. The van der Waals surface area contributed by atoms with Gasteiger partial charge in [0.15, 0.2) is 0 Å². The maximum Gasteiger partial charge on any atom is 0.255 e. The zero-order valence-electron chi connectivity index (χ0n) is 15.6. The first-order chi connectivity index (χ1) is 12.4. The molecule has 4 nitrogen and oxygen atoms in total. The number of nitrogens with zero attached hydrogens (tertiary/aromatic N) is 1. The van der Waals surface area contributed by atoms with Gasteiger partial charge in [0.05, 0.1) is 11.9 Å². The second-order valence-electron chi connectivity index (χ2n) is 6.65. The predicted octanol–water partition coefficient (Wildman–Crippen LogP) is 5.31. The number of pyridine rings is 1. The van der Waals surface area contributed by atoms with E-state index in [2.05, 4.69) is 48.5 Å². The molecule has 132 valence electrons. The number of carbonyl (C=O) groups excluding carboxylic acids is 1. The van der Waals surface area contributed by atoms with Crippen molar-refractivity contribution < 1.29 is 4.79 Å². The van der Waals surface area contributed by atoms with Crippen LogP contribution in [0.15, 0.2) is 54.7 Å². The Balaban J connectivity index is 1.72. The summed E-state index contributed by atoms with van der Waals surface area (Å²) in [6, 6.07) is 15.5. The molecule has 1 amide bonds. The molecule has 0 aliphatic rings. The van der Waals surface area contributed by atoms with Crippen LogP contribution in [0.25, 0.3) is 0 Å². The molecule has 0 atom stereocenters. The van der Waals surface area contributed by atoms with Gasteiger partial charge in [-0.3, -0.25) is 4.79 Å². The number of hydrogen-bond donors (Lipinski definition) is 2. The number of nitrogens with one attached hydrogen (secondary N) is 2. The fourth-order valence-corrected chi connectivity index (χ4v) is 3.04. The number of hydrogen-bond acceptors (Lipinski definition) is 3. The third-order valence-corrected chi connectivity index (χ3v) is 4.23. The summed E-state index contributed by atoms with van der Waals surface area (Å²) in [5, 5.41) is 6.24. The smallest absolute Gasteiger partial charge is 0.255 e. The van der Waals surface area contributed by atoms with Crippen LogP contribution in [0.5, 0.6) is 0 Å². The molecular formula is C22H23N3O. The Labute approximate surface area is 154 Å². The SMILES string of the molecule is Cc1cccc(C(=O)Nc2ccc(Nc3c(C)cc(C)cc3C)nc2)c1. The fourth-order valence-electron chi connectivity index (χ4n) is 3.04. The van der Waals surface area contributed by atoms with E-state index in [1.807, 2.05) is 37.3 Å². The maximum atomic E-state index is 12.3. The molecule has 3 rings (SSSR count). The number of anilines is 3. The molecule has 3 aromatic rings. The Morgan fingerprint density at radius 2 is 1.62 bits per heavy atom. The molecule has 0 bridgehead atoms. The van der Waals surface area contributed by atoms with Gasteiger partial charge in [0.1, 0.15) is 5.82 Å². The molecule has 0 spiro atoms. The summed E-state index contributed by atoms with van der Waals surface area (Å²) >= 11 is 0. The van der Waals surface area contributed by atoms with E-state index in [0.29, 0.717) is 11.3 Å². The van der Waals surface area contributed by atoms with Crippen molar-refractivity contribution in [3.63, 3.8) is 0 Å². The number of carbonyl (C=O) groups is 1. The molecular weight excluding hydrogens is 322 g/mol. The van der Waals surface area contributed by atoms with Gasteiger partial charge >= 0.3 is 0 Å². The van der Waals surface area contributed by atoms with E-state index < -0.39 is 0 Å². The molecule has 0 aliphatic heterocycles. The highest BCUT2D eigenvalue weighted by molar-refractivity contribution is 6.04. The molecule has 2 aromatic carbocycles. The van der Waals surface area contributed by atoms with Gasteiger partial charge in [-0.25, -0.2) is 4.98 Å². The number of aryl methyl sites for hydroxylation is 4. The van der Waals surface area contributed by atoms with Crippen LogP contribution in [0.3, 0.4) is 0 Å². The molecule has 0 saturated heterocycles. The molecule has 0 radical (unpaired) electrons. The van der Waals surface area contributed by atoms with Gasteiger partial charge in [-0.05, 0) is 63.1 Å². The van der Waals surface area contributed by atoms with Crippen molar-refractivity contribution in [3.05, 3.63) is 82.5 Å². The highest BCUT2D eigenvalue weighted by atomic mass is 16.1. The number of benzene rings is 2. The molecule has 0 fully saturated rings. The zero-order chi connectivity index (χ0) is 18.7. The number of rotatable bonds is 4. The van der Waals surface area contributed by atoms with Crippen molar-refractivity contribution in [2.24, 2.45) is 0 Å². The first-order valence-corrected chi connectivity index (χ1v) is 8.61. The van der Waals surface area contributed by atoms with Crippen LogP contribution in [0.1, 0.15) is 32.6 Å². The van der Waals surface area contributed by atoms with Gasteiger partial charge in [-0.2, -0.15) is 0 Å². The van der Waals surface area contributed by atoms with Gasteiger partial charge in [-0.1, -0.05) is 35.4 Å². The van der Waals surface area contributed by atoms with Crippen LogP contribution < -0.4 is 10.6 Å². The second kappa shape index (κ2) is 7.40. The predicted molar refractivity (Wildman–Crippen MR) is 107 cm³/mol. The Bertz CT molecular complexity index is 923. The van der Waals surface area contributed by atoms with Crippen LogP contribution in [0.2, 0.25) is 0 Å². The lowest BCUT2D eigenvalue weighted by Gasteiger charge is -2.13. The van der Waals surface area contributed by atoms with E-state index >= 15 is 0 Å². The van der Waals surface area contributed by atoms with E-state index in [4.69, 9.17) is 0 Å². The summed E-state index contributed by atoms with van der Waals surface area (Å²) in [6.45, 7) is 8.22. The van der Waals surface area contributed by atoms with Gasteiger partial charge < -0.3 is 10.6 Å². The summed E-state index contributed by atoms with van der Waals surface area (Å²) in [5.74, 6) is 0.607. The standard InChI is InChI=1S/C22H23N3O/c1-14-6-5-7-18(12-14)22(26)24-19-8-9-20(23-13-19)25-21-16(3)10-15(2)11-17(21)4/h5-13H,1-4H3,(H,23,25)(H,24,26). The summed E-state index contributed by atoms with van der Waals surface area (Å²) in [6.07, 6.45) is 1.66. The molecule has 4 heteroatoms. The first kappa shape index (κ1) is 17.7. The van der Waals surface area contributed by atoms with Crippen LogP contribution in [0.4, 0.5) is 17.2 Å². The normalized spacial score (nSPS) is 10.5. The van der Waals surface area contributed by atoms with Crippen LogP contribution in [0, 0.1) is 27.7 Å². The van der Waals surface area contributed by atoms with Crippen molar-refractivity contribution >= 4 is 23.1 Å².